The Kier molecular flexibility index (Phi) is 2.73. The second-order valence-electron chi connectivity index (χ2n) is 4.55. The number of methoxy groups -OCH3 is 1. The number of aliphatic carboxylic acids is 1. The van der Waals surface area contributed by atoms with Crippen LogP contribution in [0, 0.1) is 6.92 Å². The van der Waals surface area contributed by atoms with Gasteiger partial charge in [0.1, 0.15) is 0 Å². The minimum Gasteiger partial charge on any atom is -0.504 e. The fraction of sp³-hybridized carbons (Fsp3) is 0.462. The van der Waals surface area contributed by atoms with E-state index in [1.54, 1.807) is 12.1 Å². The van der Waals surface area contributed by atoms with Crippen LogP contribution in [0.15, 0.2) is 12.1 Å². The molecule has 0 aromatic heterocycles. The van der Waals surface area contributed by atoms with Crippen LogP contribution >= 0.6 is 0 Å². The fourth-order valence-corrected chi connectivity index (χ4v) is 2.44. The summed E-state index contributed by atoms with van der Waals surface area (Å²) in [5.74, 6) is -0.533. The lowest BCUT2D eigenvalue weighted by atomic mass is 9.64. The van der Waals surface area contributed by atoms with Crippen LogP contribution in [0.5, 0.6) is 11.5 Å². The van der Waals surface area contributed by atoms with E-state index >= 15 is 0 Å². The number of phenolic OH excluding ortho intramolecular Hbond substituents is 1. The number of carboxylic acid groups (broad SMARTS) is 1. The number of ether oxygens (including phenoxy) is 1. The molecule has 0 heterocycles. The molecule has 0 aliphatic heterocycles. The maximum atomic E-state index is 11.4. The predicted molar refractivity (Wildman–Crippen MR) is 62.6 cm³/mol. The maximum absolute atomic E-state index is 11.4. The Morgan fingerprint density at radius 1 is 1.41 bits per heavy atom. The summed E-state index contributed by atoms with van der Waals surface area (Å²) in [6.07, 6.45) is 2.02. The molecule has 92 valence electrons. The van der Waals surface area contributed by atoms with E-state index in [2.05, 4.69) is 0 Å². The van der Waals surface area contributed by atoms with Gasteiger partial charge in [0.25, 0.3) is 0 Å². The van der Waals surface area contributed by atoms with Crippen molar-refractivity contribution >= 4 is 5.97 Å². The highest BCUT2D eigenvalue weighted by Crippen LogP contribution is 2.49. The molecule has 17 heavy (non-hydrogen) atoms. The number of aryl methyl sites for hydroxylation is 1. The largest absolute Gasteiger partial charge is 0.504 e. The van der Waals surface area contributed by atoms with E-state index in [0.717, 1.165) is 12.0 Å². The summed E-state index contributed by atoms with van der Waals surface area (Å²) in [5, 5.41) is 19.5. The van der Waals surface area contributed by atoms with Gasteiger partial charge in [-0.2, -0.15) is 0 Å². The SMILES string of the molecule is COc1c(C)ccc(C2(C(=O)O)CCC2)c1O. The van der Waals surface area contributed by atoms with Crippen molar-refractivity contribution in [3.63, 3.8) is 0 Å². The third-order valence-electron chi connectivity index (χ3n) is 3.66. The molecule has 0 atom stereocenters. The van der Waals surface area contributed by atoms with Crippen molar-refractivity contribution in [2.24, 2.45) is 0 Å². The van der Waals surface area contributed by atoms with E-state index in [-0.39, 0.29) is 5.75 Å². The van der Waals surface area contributed by atoms with Crippen molar-refractivity contribution in [3.05, 3.63) is 23.3 Å². The van der Waals surface area contributed by atoms with Gasteiger partial charge in [0, 0.05) is 5.56 Å². The van der Waals surface area contributed by atoms with E-state index in [0.29, 0.717) is 24.2 Å². The van der Waals surface area contributed by atoms with Crippen LogP contribution in [-0.4, -0.2) is 23.3 Å². The molecular weight excluding hydrogens is 220 g/mol. The van der Waals surface area contributed by atoms with Gasteiger partial charge < -0.3 is 14.9 Å². The molecule has 0 spiro atoms. The summed E-state index contributed by atoms with van der Waals surface area (Å²) < 4.78 is 5.12. The third kappa shape index (κ3) is 1.55. The van der Waals surface area contributed by atoms with Gasteiger partial charge >= 0.3 is 5.97 Å². The van der Waals surface area contributed by atoms with E-state index in [1.165, 1.54) is 7.11 Å². The van der Waals surface area contributed by atoms with Crippen LogP contribution in [-0.2, 0) is 10.2 Å². The lowest BCUT2D eigenvalue weighted by Gasteiger charge is -2.38. The first-order valence-electron chi connectivity index (χ1n) is 5.63. The van der Waals surface area contributed by atoms with Crippen molar-refractivity contribution < 1.29 is 19.7 Å². The summed E-state index contributed by atoms with van der Waals surface area (Å²) in [6.45, 7) is 1.82. The molecule has 2 N–H and O–H groups in total. The Morgan fingerprint density at radius 2 is 2.06 bits per heavy atom. The van der Waals surface area contributed by atoms with E-state index in [4.69, 9.17) is 4.74 Å². The molecular formula is C13H16O4. The first kappa shape index (κ1) is 11.8. The van der Waals surface area contributed by atoms with E-state index in [1.807, 2.05) is 6.92 Å². The maximum Gasteiger partial charge on any atom is 0.314 e. The lowest BCUT2D eigenvalue weighted by Crippen LogP contribution is -2.42. The molecule has 1 aliphatic rings. The number of rotatable bonds is 3. The van der Waals surface area contributed by atoms with Gasteiger partial charge in [0.15, 0.2) is 11.5 Å². The lowest BCUT2D eigenvalue weighted by molar-refractivity contribution is -0.147. The van der Waals surface area contributed by atoms with E-state index in [9.17, 15) is 15.0 Å². The molecule has 1 aromatic carbocycles. The Labute approximate surface area is 99.8 Å². The van der Waals surface area contributed by atoms with Crippen LogP contribution in [0.2, 0.25) is 0 Å². The molecule has 4 heteroatoms. The molecule has 0 unspecified atom stereocenters. The monoisotopic (exact) mass is 236 g/mol. The van der Waals surface area contributed by atoms with E-state index < -0.39 is 11.4 Å². The molecule has 0 bridgehead atoms. The number of benzene rings is 1. The summed E-state index contributed by atoms with van der Waals surface area (Å²) in [6, 6.07) is 3.48. The van der Waals surface area contributed by atoms with Gasteiger partial charge in [0.2, 0.25) is 0 Å². The smallest absolute Gasteiger partial charge is 0.314 e. The number of phenols is 1. The highest BCUT2D eigenvalue weighted by atomic mass is 16.5. The summed E-state index contributed by atoms with van der Waals surface area (Å²) in [4.78, 5) is 11.4. The quantitative estimate of drug-likeness (QED) is 0.844. The molecule has 0 saturated heterocycles. The van der Waals surface area contributed by atoms with Crippen molar-refractivity contribution in [1.29, 1.82) is 0 Å². The fourth-order valence-electron chi connectivity index (χ4n) is 2.44. The van der Waals surface area contributed by atoms with Gasteiger partial charge in [-0.15, -0.1) is 0 Å². The Bertz CT molecular complexity index is 461. The topological polar surface area (TPSA) is 66.8 Å². The molecule has 4 nitrogen and oxygen atoms in total. The van der Waals surface area contributed by atoms with Crippen molar-refractivity contribution in [1.82, 2.24) is 0 Å². The number of carboxylic acids is 1. The van der Waals surface area contributed by atoms with Crippen LogP contribution in [0.25, 0.3) is 0 Å². The average Bonchev–Trinajstić information content (AvgIpc) is 2.20. The minimum atomic E-state index is -0.926. The van der Waals surface area contributed by atoms with Gasteiger partial charge in [-0.3, -0.25) is 4.79 Å². The first-order valence-corrected chi connectivity index (χ1v) is 5.63. The minimum absolute atomic E-state index is 0.0328. The van der Waals surface area contributed by atoms with Gasteiger partial charge in [-0.05, 0) is 25.3 Å². The van der Waals surface area contributed by atoms with Gasteiger partial charge in [-0.25, -0.2) is 0 Å². The molecule has 1 aromatic rings. The number of aromatic hydroxyl groups is 1. The summed E-state index contributed by atoms with van der Waals surface area (Å²) in [7, 11) is 1.47. The van der Waals surface area contributed by atoms with Crippen molar-refractivity contribution in [2.45, 2.75) is 31.6 Å². The normalized spacial score (nSPS) is 17.3. The zero-order chi connectivity index (χ0) is 12.6. The Hall–Kier alpha value is -1.71. The molecule has 1 saturated carbocycles. The number of carbonyl (C=O) groups is 1. The second-order valence-corrected chi connectivity index (χ2v) is 4.55. The second kappa shape index (κ2) is 3.95. The number of hydrogen-bond donors (Lipinski definition) is 2. The zero-order valence-corrected chi connectivity index (χ0v) is 9.99. The highest BCUT2D eigenvalue weighted by Gasteiger charge is 2.48. The van der Waals surface area contributed by atoms with Crippen LogP contribution < -0.4 is 4.74 Å². The highest BCUT2D eigenvalue weighted by molar-refractivity contribution is 5.84. The molecule has 1 fully saturated rings. The van der Waals surface area contributed by atoms with Crippen LogP contribution in [0.4, 0.5) is 0 Å². The van der Waals surface area contributed by atoms with Crippen molar-refractivity contribution in [2.75, 3.05) is 7.11 Å². The molecule has 0 amide bonds. The summed E-state index contributed by atoms with van der Waals surface area (Å²) >= 11 is 0. The van der Waals surface area contributed by atoms with Gasteiger partial charge in [-0.1, -0.05) is 18.6 Å². The number of hydrogen-bond acceptors (Lipinski definition) is 3. The summed E-state index contributed by atoms with van der Waals surface area (Å²) in [5.41, 5.74) is 0.345. The average molecular weight is 236 g/mol. The zero-order valence-electron chi connectivity index (χ0n) is 9.99. The molecule has 0 radical (unpaired) electrons. The predicted octanol–water partition coefficient (Wildman–Crippen LogP) is 2.22. The van der Waals surface area contributed by atoms with Gasteiger partial charge in [0.05, 0.1) is 12.5 Å². The standard InChI is InChI=1S/C13H16O4/c1-8-4-5-9(10(14)11(8)17-2)13(12(15)16)6-3-7-13/h4-5,14H,3,6-7H2,1-2H3,(H,15,16). The Morgan fingerprint density at radius 3 is 2.47 bits per heavy atom. The molecule has 2 rings (SSSR count). The van der Waals surface area contributed by atoms with Crippen LogP contribution in [0.1, 0.15) is 30.4 Å². The molecule has 1 aliphatic carbocycles. The van der Waals surface area contributed by atoms with Crippen LogP contribution in [0.3, 0.4) is 0 Å². The van der Waals surface area contributed by atoms with Crippen molar-refractivity contribution in [3.8, 4) is 11.5 Å². The third-order valence-corrected chi connectivity index (χ3v) is 3.66. The first-order chi connectivity index (χ1) is 8.03. The Balaban J connectivity index is 2.56.